The first-order chi connectivity index (χ1) is 13.4. The summed E-state index contributed by atoms with van der Waals surface area (Å²) < 4.78 is 11.7. The van der Waals surface area contributed by atoms with Gasteiger partial charge in [0.25, 0.3) is 0 Å². The molecule has 1 aliphatic carbocycles. The van der Waals surface area contributed by atoms with Crippen molar-refractivity contribution in [3.8, 4) is 0 Å². The molecule has 0 spiro atoms. The average Bonchev–Trinajstić information content (AvgIpc) is 3.26. The number of allylic oxidation sites excluding steroid dienone is 5. The fourth-order valence-corrected chi connectivity index (χ4v) is 3.79. The van der Waals surface area contributed by atoms with Crippen LogP contribution in [0.1, 0.15) is 73.6 Å². The van der Waals surface area contributed by atoms with Gasteiger partial charge >= 0.3 is 5.97 Å². The van der Waals surface area contributed by atoms with E-state index in [9.17, 15) is 9.59 Å². The summed E-state index contributed by atoms with van der Waals surface area (Å²) in [5, 5.41) is 0. The quantitative estimate of drug-likeness (QED) is 0.259. The van der Waals surface area contributed by atoms with Gasteiger partial charge in [-0.3, -0.25) is 4.79 Å². The van der Waals surface area contributed by atoms with Crippen LogP contribution in [0, 0.1) is 5.41 Å². The minimum atomic E-state index is -0.559. The van der Waals surface area contributed by atoms with Crippen LogP contribution >= 0.6 is 0 Å². The van der Waals surface area contributed by atoms with E-state index in [2.05, 4.69) is 33.4 Å². The van der Waals surface area contributed by atoms with Crippen LogP contribution in [-0.2, 0) is 19.1 Å². The van der Waals surface area contributed by atoms with Gasteiger partial charge in [0.1, 0.15) is 5.60 Å². The van der Waals surface area contributed by atoms with E-state index in [1.54, 1.807) is 0 Å². The van der Waals surface area contributed by atoms with Crippen molar-refractivity contribution < 1.29 is 19.1 Å². The zero-order valence-corrected chi connectivity index (χ0v) is 18.8. The van der Waals surface area contributed by atoms with Crippen LogP contribution in [0.15, 0.2) is 47.6 Å². The number of fused-ring (bicyclic) bond motifs is 1. The number of Topliss-reactive ketones (excluding diaryl/α,β-unsaturated/α-hetero) is 1. The molecule has 29 heavy (non-hydrogen) atoms. The highest BCUT2D eigenvalue weighted by atomic mass is 16.6. The molecular weight excluding hydrogens is 364 g/mol. The van der Waals surface area contributed by atoms with Crippen molar-refractivity contribution in [2.45, 2.75) is 91.5 Å². The third-order valence-electron chi connectivity index (χ3n) is 5.80. The van der Waals surface area contributed by atoms with Gasteiger partial charge in [-0.1, -0.05) is 36.8 Å². The Labute approximate surface area is 175 Å². The monoisotopic (exact) mass is 400 g/mol. The molecule has 0 aromatic carbocycles. The SMILES string of the molecule is C=C1CC[C@H]2O[C@@]2(C)[C@H](OC(=O)C=C(C)C)/C=C/[C@@](C)(CCC=C(C)C)CC1=O. The molecule has 160 valence electrons. The Bertz CT molecular complexity index is 749. The number of carbonyl (C=O) groups is 2. The van der Waals surface area contributed by atoms with Gasteiger partial charge in [-0.05, 0) is 77.4 Å². The van der Waals surface area contributed by atoms with Crippen molar-refractivity contribution >= 4 is 11.8 Å². The van der Waals surface area contributed by atoms with Crippen molar-refractivity contribution in [2.24, 2.45) is 5.41 Å². The highest BCUT2D eigenvalue weighted by molar-refractivity contribution is 5.95. The van der Waals surface area contributed by atoms with Crippen molar-refractivity contribution in [3.05, 3.63) is 47.6 Å². The first kappa shape index (κ1) is 23.3. The Hall–Kier alpha value is -1.94. The summed E-state index contributed by atoms with van der Waals surface area (Å²) in [6.45, 7) is 16.0. The number of esters is 1. The predicted octanol–water partition coefficient (Wildman–Crippen LogP) is 5.64. The summed E-state index contributed by atoms with van der Waals surface area (Å²) in [5.41, 5.74) is 1.92. The van der Waals surface area contributed by atoms with E-state index in [1.807, 2.05) is 32.9 Å². The van der Waals surface area contributed by atoms with Crippen molar-refractivity contribution in [1.82, 2.24) is 0 Å². The lowest BCUT2D eigenvalue weighted by Gasteiger charge is -2.27. The number of carbonyl (C=O) groups excluding carboxylic acids is 2. The maximum absolute atomic E-state index is 12.8. The lowest BCUT2D eigenvalue weighted by molar-refractivity contribution is -0.143. The van der Waals surface area contributed by atoms with E-state index < -0.39 is 11.7 Å². The fourth-order valence-electron chi connectivity index (χ4n) is 3.79. The summed E-state index contributed by atoms with van der Waals surface area (Å²) in [5.74, 6) is -0.256. The number of epoxide rings is 1. The Morgan fingerprint density at radius 1 is 1.28 bits per heavy atom. The van der Waals surface area contributed by atoms with E-state index >= 15 is 0 Å². The Balaban J connectivity index is 2.32. The molecule has 4 heteroatoms. The molecule has 1 fully saturated rings. The molecule has 1 heterocycles. The third-order valence-corrected chi connectivity index (χ3v) is 5.80. The van der Waals surface area contributed by atoms with Gasteiger partial charge in [-0.25, -0.2) is 4.79 Å². The van der Waals surface area contributed by atoms with Crippen LogP contribution in [0.2, 0.25) is 0 Å². The second-order valence-corrected chi connectivity index (χ2v) is 9.44. The Morgan fingerprint density at radius 3 is 2.59 bits per heavy atom. The van der Waals surface area contributed by atoms with Crippen molar-refractivity contribution in [3.63, 3.8) is 0 Å². The molecule has 0 saturated carbocycles. The third kappa shape index (κ3) is 6.53. The molecule has 0 aromatic rings. The topological polar surface area (TPSA) is 55.9 Å². The minimum absolute atomic E-state index is 0.0452. The van der Waals surface area contributed by atoms with Crippen LogP contribution in [0.5, 0.6) is 0 Å². The Kier molecular flexibility index (Phi) is 7.45. The molecule has 0 unspecified atom stereocenters. The van der Waals surface area contributed by atoms with Crippen LogP contribution in [0.4, 0.5) is 0 Å². The molecule has 0 aromatic heterocycles. The zero-order valence-electron chi connectivity index (χ0n) is 18.8. The summed E-state index contributed by atoms with van der Waals surface area (Å²) >= 11 is 0. The van der Waals surface area contributed by atoms with Gasteiger partial charge in [-0.15, -0.1) is 0 Å². The smallest absolute Gasteiger partial charge is 0.331 e. The molecule has 2 aliphatic rings. The predicted molar refractivity (Wildman–Crippen MR) is 116 cm³/mol. The number of hydrogen-bond acceptors (Lipinski definition) is 4. The first-order valence-corrected chi connectivity index (χ1v) is 10.5. The number of rotatable bonds is 5. The van der Waals surface area contributed by atoms with Gasteiger partial charge in [0.15, 0.2) is 11.9 Å². The summed E-state index contributed by atoms with van der Waals surface area (Å²) in [6, 6.07) is 0. The van der Waals surface area contributed by atoms with E-state index in [0.29, 0.717) is 24.8 Å². The van der Waals surface area contributed by atoms with Crippen LogP contribution in [0.3, 0.4) is 0 Å². The second-order valence-electron chi connectivity index (χ2n) is 9.44. The highest BCUT2D eigenvalue weighted by Gasteiger charge is 2.58. The van der Waals surface area contributed by atoms with Crippen LogP contribution < -0.4 is 0 Å². The standard InChI is InChI=1S/C25H36O4/c1-17(2)9-8-13-24(6)14-12-21(28-23(27)15-18(3)4)25(7)22(29-25)11-10-19(5)20(26)16-24/h9,12,14-15,21-22H,5,8,10-11,13,16H2,1-4,6-7H3/b14-12+/t21-,22-,24-,25+/m1/s1. The molecule has 0 bridgehead atoms. The van der Waals surface area contributed by atoms with E-state index in [1.165, 1.54) is 11.6 Å². The number of hydrogen-bond donors (Lipinski definition) is 0. The molecule has 0 radical (unpaired) electrons. The molecule has 0 N–H and O–H groups in total. The van der Waals surface area contributed by atoms with Gasteiger partial charge < -0.3 is 9.47 Å². The molecule has 1 aliphatic heterocycles. The summed E-state index contributed by atoms with van der Waals surface area (Å²) in [6.07, 6.45) is 10.6. The summed E-state index contributed by atoms with van der Waals surface area (Å²) in [7, 11) is 0. The van der Waals surface area contributed by atoms with Crippen molar-refractivity contribution in [1.29, 1.82) is 0 Å². The summed E-state index contributed by atoms with van der Waals surface area (Å²) in [4.78, 5) is 25.1. The maximum Gasteiger partial charge on any atom is 0.331 e. The molecule has 1 saturated heterocycles. The average molecular weight is 401 g/mol. The molecular formula is C25H36O4. The van der Waals surface area contributed by atoms with Gasteiger partial charge in [0.05, 0.1) is 6.10 Å². The molecule has 4 atom stereocenters. The van der Waals surface area contributed by atoms with E-state index in [4.69, 9.17) is 9.47 Å². The number of ether oxygens (including phenoxy) is 2. The molecule has 0 amide bonds. The first-order valence-electron chi connectivity index (χ1n) is 10.5. The normalized spacial score (nSPS) is 33.0. The second kappa shape index (κ2) is 9.25. The molecule has 4 nitrogen and oxygen atoms in total. The van der Waals surface area contributed by atoms with Crippen molar-refractivity contribution in [2.75, 3.05) is 0 Å². The number of ketones is 1. The van der Waals surface area contributed by atoms with Crippen LogP contribution in [0.25, 0.3) is 0 Å². The van der Waals surface area contributed by atoms with E-state index in [-0.39, 0.29) is 23.3 Å². The van der Waals surface area contributed by atoms with E-state index in [0.717, 1.165) is 18.4 Å². The molecule has 2 rings (SSSR count). The van der Waals surface area contributed by atoms with Gasteiger partial charge in [0, 0.05) is 12.5 Å². The zero-order chi connectivity index (χ0) is 21.8. The lowest BCUT2D eigenvalue weighted by atomic mass is 9.78. The highest BCUT2D eigenvalue weighted by Crippen LogP contribution is 2.46. The van der Waals surface area contributed by atoms with Gasteiger partial charge in [0.2, 0.25) is 0 Å². The van der Waals surface area contributed by atoms with Gasteiger partial charge in [-0.2, -0.15) is 0 Å². The largest absolute Gasteiger partial charge is 0.452 e. The lowest BCUT2D eigenvalue weighted by Crippen LogP contribution is -2.32. The fraction of sp³-hybridized carbons (Fsp3) is 0.600. The Morgan fingerprint density at radius 2 is 1.97 bits per heavy atom. The van der Waals surface area contributed by atoms with Crippen LogP contribution in [-0.4, -0.2) is 29.6 Å². The maximum atomic E-state index is 12.8. The minimum Gasteiger partial charge on any atom is -0.452 e.